The summed E-state index contributed by atoms with van der Waals surface area (Å²) in [6.07, 6.45) is 2.22. The van der Waals surface area contributed by atoms with Crippen molar-refractivity contribution in [1.29, 1.82) is 0 Å². The van der Waals surface area contributed by atoms with E-state index in [1.165, 1.54) is 5.56 Å². The van der Waals surface area contributed by atoms with E-state index in [-0.39, 0.29) is 5.41 Å². The summed E-state index contributed by atoms with van der Waals surface area (Å²) in [5.41, 5.74) is 1.30. The van der Waals surface area contributed by atoms with Gasteiger partial charge in [-0.2, -0.15) is 4.98 Å². The third kappa shape index (κ3) is 1.93. The molecule has 0 amide bonds. The van der Waals surface area contributed by atoms with Gasteiger partial charge < -0.3 is 9.84 Å². The van der Waals surface area contributed by atoms with Crippen LogP contribution in [0.25, 0.3) is 0 Å². The lowest BCUT2D eigenvalue weighted by atomic mass is 9.95. The number of rotatable bonds is 5. The Morgan fingerprint density at radius 1 is 1.28 bits per heavy atom. The highest BCUT2D eigenvalue weighted by Gasteiger charge is 2.49. The highest BCUT2D eigenvalue weighted by atomic mass is 16.5. The fourth-order valence-electron chi connectivity index (χ4n) is 2.28. The maximum absolute atomic E-state index is 5.29. The molecule has 4 heteroatoms. The molecule has 1 saturated carbocycles. The van der Waals surface area contributed by atoms with Gasteiger partial charge in [-0.05, 0) is 24.9 Å². The molecular formula is C14H17N3O. The molecule has 2 aromatic rings. The number of aromatic nitrogens is 2. The molecule has 0 aliphatic heterocycles. The standard InChI is InChI=1S/C14H17N3O/c1-2-15-10-12-16-13(17-18-12)14(8-9-14)11-6-4-3-5-7-11/h3-7,15H,2,8-10H2,1H3. The Bertz CT molecular complexity index is 517. The van der Waals surface area contributed by atoms with Gasteiger partial charge in [-0.3, -0.25) is 0 Å². The SMILES string of the molecule is CCNCc1nc(C2(c3ccccc3)CC2)no1. The molecule has 0 unspecified atom stereocenters. The molecule has 94 valence electrons. The number of nitrogens with one attached hydrogen (secondary N) is 1. The molecule has 1 heterocycles. The zero-order valence-corrected chi connectivity index (χ0v) is 10.5. The summed E-state index contributed by atoms with van der Waals surface area (Å²) in [6.45, 7) is 3.61. The van der Waals surface area contributed by atoms with Gasteiger partial charge in [0.2, 0.25) is 5.89 Å². The highest BCUT2D eigenvalue weighted by Crippen LogP contribution is 2.52. The van der Waals surface area contributed by atoms with Crippen molar-refractivity contribution < 1.29 is 4.52 Å². The van der Waals surface area contributed by atoms with Crippen LogP contribution in [0.5, 0.6) is 0 Å². The Morgan fingerprint density at radius 2 is 2.06 bits per heavy atom. The van der Waals surface area contributed by atoms with Gasteiger partial charge in [-0.15, -0.1) is 0 Å². The van der Waals surface area contributed by atoms with E-state index in [2.05, 4.69) is 46.6 Å². The second-order valence-corrected chi connectivity index (χ2v) is 4.74. The quantitative estimate of drug-likeness (QED) is 0.875. The van der Waals surface area contributed by atoms with Gasteiger partial charge >= 0.3 is 0 Å². The molecular weight excluding hydrogens is 226 g/mol. The minimum Gasteiger partial charge on any atom is -0.338 e. The summed E-state index contributed by atoms with van der Waals surface area (Å²) >= 11 is 0. The van der Waals surface area contributed by atoms with E-state index in [4.69, 9.17) is 4.52 Å². The first-order valence-electron chi connectivity index (χ1n) is 6.44. The fraction of sp³-hybridized carbons (Fsp3) is 0.429. The van der Waals surface area contributed by atoms with Crippen LogP contribution in [-0.2, 0) is 12.0 Å². The van der Waals surface area contributed by atoms with Crippen LogP contribution in [0.4, 0.5) is 0 Å². The summed E-state index contributed by atoms with van der Waals surface area (Å²) in [4.78, 5) is 4.52. The van der Waals surface area contributed by atoms with E-state index in [1.54, 1.807) is 0 Å². The van der Waals surface area contributed by atoms with Gasteiger partial charge in [0.05, 0.1) is 12.0 Å². The first-order chi connectivity index (χ1) is 8.85. The summed E-state index contributed by atoms with van der Waals surface area (Å²) in [6, 6.07) is 10.5. The molecule has 0 atom stereocenters. The molecule has 3 rings (SSSR count). The van der Waals surface area contributed by atoms with Crippen molar-refractivity contribution in [3.8, 4) is 0 Å². The maximum Gasteiger partial charge on any atom is 0.240 e. The molecule has 1 aliphatic rings. The zero-order valence-electron chi connectivity index (χ0n) is 10.5. The van der Waals surface area contributed by atoms with Crippen LogP contribution >= 0.6 is 0 Å². The van der Waals surface area contributed by atoms with E-state index in [0.717, 1.165) is 25.2 Å². The summed E-state index contributed by atoms with van der Waals surface area (Å²) in [5, 5.41) is 7.35. The molecule has 1 aromatic carbocycles. The molecule has 0 radical (unpaired) electrons. The highest BCUT2D eigenvalue weighted by molar-refractivity contribution is 5.38. The monoisotopic (exact) mass is 243 g/mol. The van der Waals surface area contributed by atoms with Crippen molar-refractivity contribution in [2.75, 3.05) is 6.54 Å². The largest absolute Gasteiger partial charge is 0.338 e. The molecule has 4 nitrogen and oxygen atoms in total. The predicted octanol–water partition coefficient (Wildman–Crippen LogP) is 2.26. The van der Waals surface area contributed by atoms with Gasteiger partial charge in [0.1, 0.15) is 0 Å². The van der Waals surface area contributed by atoms with Crippen LogP contribution < -0.4 is 5.32 Å². The van der Waals surface area contributed by atoms with Gasteiger partial charge in [0, 0.05) is 0 Å². The van der Waals surface area contributed by atoms with Crippen LogP contribution in [0.15, 0.2) is 34.9 Å². The van der Waals surface area contributed by atoms with Gasteiger partial charge in [0.15, 0.2) is 5.82 Å². The molecule has 0 bridgehead atoms. The molecule has 1 aromatic heterocycles. The Kier molecular flexibility index (Phi) is 2.88. The van der Waals surface area contributed by atoms with Crippen LogP contribution in [0.3, 0.4) is 0 Å². The van der Waals surface area contributed by atoms with Gasteiger partial charge in [0.25, 0.3) is 0 Å². The third-order valence-corrected chi connectivity index (χ3v) is 3.50. The molecule has 0 saturated heterocycles. The lowest BCUT2D eigenvalue weighted by Gasteiger charge is -2.09. The minimum absolute atomic E-state index is 0.00915. The second-order valence-electron chi connectivity index (χ2n) is 4.74. The molecule has 1 aliphatic carbocycles. The normalized spacial score (nSPS) is 16.7. The third-order valence-electron chi connectivity index (χ3n) is 3.50. The lowest BCUT2D eigenvalue weighted by Crippen LogP contribution is -2.13. The van der Waals surface area contributed by atoms with Crippen molar-refractivity contribution >= 4 is 0 Å². The minimum atomic E-state index is 0.00915. The first-order valence-corrected chi connectivity index (χ1v) is 6.44. The first kappa shape index (κ1) is 11.4. The molecule has 0 spiro atoms. The summed E-state index contributed by atoms with van der Waals surface area (Å²) in [7, 11) is 0. The van der Waals surface area contributed by atoms with Crippen LogP contribution in [-0.4, -0.2) is 16.7 Å². The van der Waals surface area contributed by atoms with E-state index in [9.17, 15) is 0 Å². The Balaban J connectivity index is 1.84. The van der Waals surface area contributed by atoms with E-state index < -0.39 is 0 Å². The lowest BCUT2D eigenvalue weighted by molar-refractivity contribution is 0.362. The zero-order chi connectivity index (χ0) is 12.4. The summed E-state index contributed by atoms with van der Waals surface area (Å²) < 4.78 is 5.29. The van der Waals surface area contributed by atoms with Crippen molar-refractivity contribution in [3.63, 3.8) is 0 Å². The fourth-order valence-corrected chi connectivity index (χ4v) is 2.28. The Hall–Kier alpha value is -1.68. The number of nitrogens with zero attached hydrogens (tertiary/aromatic N) is 2. The van der Waals surface area contributed by atoms with E-state index in [0.29, 0.717) is 12.4 Å². The smallest absolute Gasteiger partial charge is 0.240 e. The van der Waals surface area contributed by atoms with Crippen LogP contribution in [0, 0.1) is 0 Å². The average molecular weight is 243 g/mol. The van der Waals surface area contributed by atoms with Gasteiger partial charge in [-0.1, -0.05) is 42.4 Å². The Labute approximate surface area is 106 Å². The van der Waals surface area contributed by atoms with Crippen LogP contribution in [0.2, 0.25) is 0 Å². The van der Waals surface area contributed by atoms with Crippen molar-refractivity contribution in [2.24, 2.45) is 0 Å². The van der Waals surface area contributed by atoms with Crippen molar-refractivity contribution in [2.45, 2.75) is 31.7 Å². The van der Waals surface area contributed by atoms with E-state index >= 15 is 0 Å². The summed E-state index contributed by atoms with van der Waals surface area (Å²) in [5.74, 6) is 1.51. The van der Waals surface area contributed by atoms with Crippen molar-refractivity contribution in [3.05, 3.63) is 47.6 Å². The van der Waals surface area contributed by atoms with E-state index in [1.807, 2.05) is 6.07 Å². The molecule has 1 fully saturated rings. The average Bonchev–Trinajstić information content (AvgIpc) is 3.10. The topological polar surface area (TPSA) is 51.0 Å². The number of hydrogen-bond acceptors (Lipinski definition) is 4. The number of benzene rings is 1. The predicted molar refractivity (Wildman–Crippen MR) is 68.1 cm³/mol. The molecule has 1 N–H and O–H groups in total. The van der Waals surface area contributed by atoms with Crippen molar-refractivity contribution in [1.82, 2.24) is 15.5 Å². The van der Waals surface area contributed by atoms with Crippen LogP contribution in [0.1, 0.15) is 37.0 Å². The maximum atomic E-state index is 5.29. The Morgan fingerprint density at radius 3 is 2.72 bits per heavy atom. The second kappa shape index (κ2) is 4.53. The number of hydrogen-bond donors (Lipinski definition) is 1. The van der Waals surface area contributed by atoms with Gasteiger partial charge in [-0.25, -0.2) is 0 Å². The molecule has 18 heavy (non-hydrogen) atoms.